The van der Waals surface area contributed by atoms with Gasteiger partial charge in [-0.05, 0) is 64.2 Å². The van der Waals surface area contributed by atoms with Crippen LogP contribution in [0.5, 0.6) is 0 Å². The van der Waals surface area contributed by atoms with Crippen molar-refractivity contribution in [2.45, 2.75) is 219 Å². The molecule has 356 valence electrons. The van der Waals surface area contributed by atoms with Crippen molar-refractivity contribution in [3.63, 3.8) is 0 Å². The summed E-state index contributed by atoms with van der Waals surface area (Å²) >= 11 is 0. The molecule has 0 bridgehead atoms. The predicted molar refractivity (Wildman–Crippen MR) is 273 cm³/mol. The van der Waals surface area contributed by atoms with Gasteiger partial charge >= 0.3 is 5.97 Å². The number of allylic oxidation sites excluding steroid dienone is 19. The number of amides is 1. The van der Waals surface area contributed by atoms with Gasteiger partial charge < -0.3 is 20.3 Å². The Kier molecular flexibility index (Phi) is 46.4. The first-order valence-electron chi connectivity index (χ1n) is 25.3. The average molecular weight is 872 g/mol. The fraction of sp³-hybridized carbons (Fsp3) is 0.614. The molecule has 0 saturated heterocycles. The van der Waals surface area contributed by atoms with E-state index in [1.807, 2.05) is 60.8 Å². The molecule has 1 amide bonds. The number of esters is 1. The van der Waals surface area contributed by atoms with Crippen molar-refractivity contribution in [2.75, 3.05) is 6.61 Å². The molecule has 0 aliphatic carbocycles. The molecule has 6 nitrogen and oxygen atoms in total. The largest absolute Gasteiger partial charge is 0.461 e. The number of rotatable bonds is 43. The summed E-state index contributed by atoms with van der Waals surface area (Å²) in [6.07, 6.45) is 68.4. The maximum absolute atomic E-state index is 13.2. The maximum atomic E-state index is 13.2. The van der Waals surface area contributed by atoms with Gasteiger partial charge in [-0.25, -0.2) is 0 Å². The van der Waals surface area contributed by atoms with Crippen LogP contribution >= 0.6 is 0 Å². The number of nitrogens with one attached hydrogen (secondary N) is 1. The number of unbranched alkanes of at least 4 members (excludes halogenated alkanes) is 16. The maximum Gasteiger partial charge on any atom is 0.306 e. The summed E-state index contributed by atoms with van der Waals surface area (Å²) in [7, 11) is 0. The molecule has 0 rings (SSSR count). The van der Waals surface area contributed by atoms with Crippen molar-refractivity contribution >= 4 is 11.9 Å². The molecule has 0 radical (unpaired) electrons. The van der Waals surface area contributed by atoms with Crippen molar-refractivity contribution in [1.29, 1.82) is 0 Å². The molecule has 0 aliphatic heterocycles. The van der Waals surface area contributed by atoms with Crippen molar-refractivity contribution in [3.8, 4) is 0 Å². The fourth-order valence-corrected chi connectivity index (χ4v) is 6.88. The summed E-state index contributed by atoms with van der Waals surface area (Å²) in [6.45, 7) is 6.17. The summed E-state index contributed by atoms with van der Waals surface area (Å²) in [6, 6.07) is -0.749. The van der Waals surface area contributed by atoms with E-state index in [0.29, 0.717) is 19.3 Å². The first-order chi connectivity index (χ1) is 31.0. The van der Waals surface area contributed by atoms with E-state index < -0.39 is 18.2 Å². The molecule has 0 spiro atoms. The quantitative estimate of drug-likeness (QED) is 0.0245. The summed E-state index contributed by atoms with van der Waals surface area (Å²) in [5.74, 6) is -0.641. The van der Waals surface area contributed by atoms with E-state index in [1.165, 1.54) is 70.6 Å². The van der Waals surface area contributed by atoms with Crippen LogP contribution < -0.4 is 5.32 Å². The van der Waals surface area contributed by atoms with Gasteiger partial charge in [0.15, 0.2) is 0 Å². The molecule has 0 aromatic heterocycles. The normalized spacial score (nSPS) is 14.3. The van der Waals surface area contributed by atoms with Crippen molar-refractivity contribution in [3.05, 3.63) is 122 Å². The lowest BCUT2D eigenvalue weighted by atomic mass is 10.0. The Morgan fingerprint density at radius 1 is 0.508 bits per heavy atom. The van der Waals surface area contributed by atoms with Gasteiger partial charge in [0, 0.05) is 12.8 Å². The zero-order valence-electron chi connectivity index (χ0n) is 40.4. The third-order valence-electron chi connectivity index (χ3n) is 10.7. The SMILES string of the molecule is CC/C=C\C/C=C\C/C=C\C/C=C\C/C=C\CC(CC(=O)NC(CO)C(O)CCCCCCCCCCCCCCCC)OC(=O)CCCCC/C=C/C=C\C=C/C=C/C=C/CC. The summed E-state index contributed by atoms with van der Waals surface area (Å²) < 4.78 is 5.84. The molecule has 0 aromatic carbocycles. The van der Waals surface area contributed by atoms with Gasteiger partial charge in [-0.1, -0.05) is 239 Å². The Morgan fingerprint density at radius 2 is 0.952 bits per heavy atom. The molecule has 3 unspecified atom stereocenters. The Morgan fingerprint density at radius 3 is 1.46 bits per heavy atom. The van der Waals surface area contributed by atoms with Crippen LogP contribution in [-0.4, -0.2) is 46.9 Å². The highest BCUT2D eigenvalue weighted by Crippen LogP contribution is 2.16. The monoisotopic (exact) mass is 872 g/mol. The van der Waals surface area contributed by atoms with Crippen LogP contribution in [0.25, 0.3) is 0 Å². The predicted octanol–water partition coefficient (Wildman–Crippen LogP) is 15.3. The van der Waals surface area contributed by atoms with Gasteiger partial charge in [0.2, 0.25) is 5.91 Å². The smallest absolute Gasteiger partial charge is 0.306 e. The van der Waals surface area contributed by atoms with Crippen LogP contribution in [-0.2, 0) is 14.3 Å². The highest BCUT2D eigenvalue weighted by molar-refractivity contribution is 5.77. The van der Waals surface area contributed by atoms with Gasteiger partial charge in [0.1, 0.15) is 6.10 Å². The number of aliphatic hydroxyl groups is 2. The Balaban J connectivity index is 4.82. The lowest BCUT2D eigenvalue weighted by Crippen LogP contribution is -2.46. The molecule has 63 heavy (non-hydrogen) atoms. The van der Waals surface area contributed by atoms with E-state index in [9.17, 15) is 19.8 Å². The number of carbonyl (C=O) groups is 2. The standard InChI is InChI=1S/C57H93NO5/c1-4-7-10-13-16-19-22-25-28-30-33-36-39-42-45-48-53(63-57(62)50-47-44-41-38-35-32-29-26-23-20-17-14-11-8-5-2)51-56(61)58-54(52-59)55(60)49-46-43-40-37-34-31-27-24-21-18-15-12-9-6-3/h7-8,10-11,14,16-17,19-20,23,25-26,28-29,32-33,35-36,42,45,53-55,59-60H,4-6,9,12-13,15,18,21-22,24,27,30-31,34,37-41,43-44,46-52H2,1-3H3,(H,58,61)/b10-7-,11-8+,17-14+,19-16-,23-20-,28-25-,29-26-,35-32+,36-33-,45-42-. The van der Waals surface area contributed by atoms with Crippen LogP contribution in [0.4, 0.5) is 0 Å². The van der Waals surface area contributed by atoms with Crippen LogP contribution in [0.3, 0.4) is 0 Å². The van der Waals surface area contributed by atoms with E-state index >= 15 is 0 Å². The molecule has 0 aromatic rings. The van der Waals surface area contributed by atoms with Crippen LogP contribution in [0.2, 0.25) is 0 Å². The molecular formula is C57H93NO5. The second kappa shape index (κ2) is 49.3. The third-order valence-corrected chi connectivity index (χ3v) is 10.7. The average Bonchev–Trinajstić information content (AvgIpc) is 3.28. The molecular weight excluding hydrogens is 779 g/mol. The first-order valence-corrected chi connectivity index (χ1v) is 25.3. The minimum atomic E-state index is -0.827. The molecule has 6 heteroatoms. The minimum absolute atomic E-state index is 0.0260. The van der Waals surface area contributed by atoms with E-state index in [-0.39, 0.29) is 24.9 Å². The highest BCUT2D eigenvalue weighted by Gasteiger charge is 2.23. The van der Waals surface area contributed by atoms with Crippen LogP contribution in [0.15, 0.2) is 122 Å². The van der Waals surface area contributed by atoms with Gasteiger partial charge in [0.05, 0.1) is 25.2 Å². The van der Waals surface area contributed by atoms with Crippen LogP contribution in [0.1, 0.15) is 201 Å². The number of ether oxygens (including phenoxy) is 1. The lowest BCUT2D eigenvalue weighted by Gasteiger charge is -2.24. The Hall–Kier alpha value is -3.74. The molecule has 3 atom stereocenters. The number of hydrogen-bond acceptors (Lipinski definition) is 5. The van der Waals surface area contributed by atoms with Gasteiger partial charge in [-0.2, -0.15) is 0 Å². The summed E-state index contributed by atoms with van der Waals surface area (Å²) in [4.78, 5) is 26.1. The van der Waals surface area contributed by atoms with E-state index in [4.69, 9.17) is 4.74 Å². The summed E-state index contributed by atoms with van der Waals surface area (Å²) in [5, 5.41) is 23.7. The molecule has 3 N–H and O–H groups in total. The fourth-order valence-electron chi connectivity index (χ4n) is 6.88. The molecule has 0 saturated carbocycles. The Bertz CT molecular complexity index is 1350. The second-order valence-electron chi connectivity index (χ2n) is 16.6. The number of carbonyl (C=O) groups excluding carboxylic acids is 2. The molecule has 0 aliphatic rings. The van der Waals surface area contributed by atoms with Gasteiger partial charge in [-0.15, -0.1) is 0 Å². The van der Waals surface area contributed by atoms with Crippen molar-refractivity contribution < 1.29 is 24.5 Å². The van der Waals surface area contributed by atoms with E-state index in [0.717, 1.165) is 83.5 Å². The highest BCUT2D eigenvalue weighted by atomic mass is 16.5. The van der Waals surface area contributed by atoms with Crippen molar-refractivity contribution in [2.24, 2.45) is 0 Å². The number of aliphatic hydroxyl groups excluding tert-OH is 2. The van der Waals surface area contributed by atoms with E-state index in [1.54, 1.807) is 0 Å². The van der Waals surface area contributed by atoms with Crippen LogP contribution in [0, 0.1) is 0 Å². The van der Waals surface area contributed by atoms with Gasteiger partial charge in [-0.3, -0.25) is 9.59 Å². The third kappa shape index (κ3) is 44.7. The number of hydrogen-bond donors (Lipinski definition) is 3. The zero-order valence-corrected chi connectivity index (χ0v) is 40.4. The topological polar surface area (TPSA) is 95.9 Å². The molecule has 0 fully saturated rings. The molecule has 0 heterocycles. The lowest BCUT2D eigenvalue weighted by molar-refractivity contribution is -0.150. The van der Waals surface area contributed by atoms with E-state index in [2.05, 4.69) is 86.8 Å². The minimum Gasteiger partial charge on any atom is -0.461 e. The zero-order chi connectivity index (χ0) is 45.9. The van der Waals surface area contributed by atoms with Crippen molar-refractivity contribution in [1.82, 2.24) is 5.32 Å². The Labute approximate surface area is 387 Å². The second-order valence-corrected chi connectivity index (χ2v) is 16.6. The summed E-state index contributed by atoms with van der Waals surface area (Å²) in [5.41, 5.74) is 0. The van der Waals surface area contributed by atoms with Gasteiger partial charge in [0.25, 0.3) is 0 Å². The first kappa shape index (κ1) is 59.3.